The molecule has 0 fully saturated rings. The van der Waals surface area contributed by atoms with Gasteiger partial charge in [-0.05, 0) is 18.2 Å². The summed E-state index contributed by atoms with van der Waals surface area (Å²) in [7, 11) is 0. The number of aromatic nitrogens is 2. The van der Waals surface area contributed by atoms with Crippen molar-refractivity contribution >= 4 is 12.6 Å². The highest BCUT2D eigenvalue weighted by Gasteiger charge is 2.12. The molecular formula is C14H18N2OS. The first-order valence-corrected chi connectivity index (χ1v) is 6.81. The van der Waals surface area contributed by atoms with Crippen molar-refractivity contribution in [3.63, 3.8) is 0 Å². The van der Waals surface area contributed by atoms with E-state index in [-0.39, 0.29) is 11.6 Å². The fraction of sp³-hybridized carbons (Fsp3) is 0.357. The number of nitrogens with zero attached hydrogens (tertiary/aromatic N) is 2. The Morgan fingerprint density at radius 2 is 1.83 bits per heavy atom. The fourth-order valence-electron chi connectivity index (χ4n) is 2.06. The maximum atomic E-state index is 12.0. The molecule has 1 unspecified atom stereocenters. The Labute approximate surface area is 112 Å². The predicted octanol–water partition coefficient (Wildman–Crippen LogP) is 2.38. The first-order valence-electron chi connectivity index (χ1n) is 6.17. The van der Waals surface area contributed by atoms with E-state index in [1.807, 2.05) is 37.5 Å². The summed E-state index contributed by atoms with van der Waals surface area (Å²) in [6.45, 7) is 3.36. The zero-order chi connectivity index (χ0) is 13.0. The van der Waals surface area contributed by atoms with Crippen molar-refractivity contribution in [3.8, 4) is 0 Å². The smallest absolute Gasteiger partial charge is 0.300 e. The van der Waals surface area contributed by atoms with Crippen LogP contribution in [0.25, 0.3) is 0 Å². The Bertz CT molecular complexity index is 544. The van der Waals surface area contributed by atoms with E-state index >= 15 is 0 Å². The number of thiol groups is 1. The molecule has 0 N–H and O–H groups in total. The van der Waals surface area contributed by atoms with E-state index in [1.54, 1.807) is 9.13 Å². The molecule has 1 heterocycles. The van der Waals surface area contributed by atoms with Gasteiger partial charge in [0.1, 0.15) is 0 Å². The summed E-state index contributed by atoms with van der Waals surface area (Å²) in [6.07, 6.45) is 3.69. The van der Waals surface area contributed by atoms with Gasteiger partial charge in [0.05, 0.1) is 0 Å². The van der Waals surface area contributed by atoms with Crippen molar-refractivity contribution in [3.05, 3.63) is 58.8 Å². The third-order valence-corrected chi connectivity index (χ3v) is 3.61. The van der Waals surface area contributed by atoms with Gasteiger partial charge in [0.25, 0.3) is 0 Å². The van der Waals surface area contributed by atoms with E-state index in [0.717, 1.165) is 5.75 Å². The molecule has 0 aliphatic carbocycles. The Hall–Kier alpha value is -1.42. The van der Waals surface area contributed by atoms with Crippen LogP contribution in [-0.2, 0) is 13.1 Å². The normalized spacial score (nSPS) is 12.6. The first kappa shape index (κ1) is 13.0. The van der Waals surface area contributed by atoms with Gasteiger partial charge in [-0.1, -0.05) is 30.3 Å². The van der Waals surface area contributed by atoms with Gasteiger partial charge in [-0.2, -0.15) is 12.6 Å². The van der Waals surface area contributed by atoms with Crippen molar-refractivity contribution in [2.24, 2.45) is 0 Å². The minimum Gasteiger partial charge on any atom is -0.300 e. The van der Waals surface area contributed by atoms with Crippen LogP contribution in [-0.4, -0.2) is 14.9 Å². The molecule has 1 atom stereocenters. The van der Waals surface area contributed by atoms with Gasteiger partial charge in [0, 0.05) is 31.4 Å². The second-order valence-corrected chi connectivity index (χ2v) is 4.67. The van der Waals surface area contributed by atoms with Crippen molar-refractivity contribution in [2.75, 3.05) is 5.75 Å². The second-order valence-electron chi connectivity index (χ2n) is 4.31. The van der Waals surface area contributed by atoms with E-state index in [9.17, 15) is 4.79 Å². The molecule has 3 nitrogen and oxygen atoms in total. The third kappa shape index (κ3) is 2.70. The van der Waals surface area contributed by atoms with Crippen molar-refractivity contribution in [1.82, 2.24) is 9.13 Å². The van der Waals surface area contributed by atoms with Crippen LogP contribution in [0, 0.1) is 0 Å². The molecule has 0 amide bonds. The van der Waals surface area contributed by atoms with E-state index in [1.165, 1.54) is 5.56 Å². The lowest BCUT2D eigenvalue weighted by molar-refractivity contribution is 0.569. The maximum absolute atomic E-state index is 12.0. The molecule has 0 aliphatic rings. The SMILES string of the molecule is CCn1ccn(CC(CS)c2ccccc2)c1=O. The molecule has 4 heteroatoms. The lowest BCUT2D eigenvalue weighted by Crippen LogP contribution is -2.26. The van der Waals surface area contributed by atoms with E-state index in [4.69, 9.17) is 0 Å². The van der Waals surface area contributed by atoms with Crippen molar-refractivity contribution in [1.29, 1.82) is 0 Å². The monoisotopic (exact) mass is 262 g/mol. The standard InChI is InChI=1S/C14H18N2OS/c1-2-15-8-9-16(14(15)17)10-13(11-18)12-6-4-3-5-7-12/h3-9,13,18H,2,10-11H2,1H3. The minimum atomic E-state index is 0.0558. The molecule has 18 heavy (non-hydrogen) atoms. The molecule has 1 aromatic heterocycles. The Morgan fingerprint density at radius 1 is 1.17 bits per heavy atom. The van der Waals surface area contributed by atoms with Crippen LogP contribution in [0.1, 0.15) is 18.4 Å². The predicted molar refractivity (Wildman–Crippen MR) is 77.4 cm³/mol. The number of hydrogen-bond acceptors (Lipinski definition) is 2. The van der Waals surface area contributed by atoms with Crippen molar-refractivity contribution < 1.29 is 0 Å². The van der Waals surface area contributed by atoms with Crippen LogP contribution in [0.15, 0.2) is 47.5 Å². The molecule has 0 aliphatic heterocycles. The average Bonchev–Trinajstić information content (AvgIpc) is 2.77. The van der Waals surface area contributed by atoms with Gasteiger partial charge < -0.3 is 0 Å². The van der Waals surface area contributed by atoms with Crippen LogP contribution in [0.3, 0.4) is 0 Å². The Kier molecular flexibility index (Phi) is 4.31. The van der Waals surface area contributed by atoms with E-state index < -0.39 is 0 Å². The van der Waals surface area contributed by atoms with Gasteiger partial charge in [-0.15, -0.1) is 0 Å². The summed E-state index contributed by atoms with van der Waals surface area (Å²) >= 11 is 4.40. The van der Waals surface area contributed by atoms with Crippen LogP contribution in [0.2, 0.25) is 0 Å². The van der Waals surface area contributed by atoms with Crippen LogP contribution in [0.4, 0.5) is 0 Å². The molecule has 96 valence electrons. The van der Waals surface area contributed by atoms with Gasteiger partial charge in [0.2, 0.25) is 0 Å². The fourth-order valence-corrected chi connectivity index (χ4v) is 2.39. The van der Waals surface area contributed by atoms with E-state index in [2.05, 4.69) is 24.8 Å². The molecule has 0 saturated heterocycles. The largest absolute Gasteiger partial charge is 0.328 e. The molecule has 0 radical (unpaired) electrons. The summed E-state index contributed by atoms with van der Waals surface area (Å²) in [4.78, 5) is 12.0. The number of rotatable bonds is 5. The minimum absolute atomic E-state index is 0.0558. The van der Waals surface area contributed by atoms with Gasteiger partial charge in [-0.3, -0.25) is 9.13 Å². The van der Waals surface area contributed by atoms with Gasteiger partial charge >= 0.3 is 5.69 Å². The quantitative estimate of drug-likeness (QED) is 0.823. The van der Waals surface area contributed by atoms with Gasteiger partial charge in [-0.25, -0.2) is 4.79 Å². The lowest BCUT2D eigenvalue weighted by atomic mass is 10.0. The summed E-state index contributed by atoms with van der Waals surface area (Å²) < 4.78 is 3.47. The number of benzene rings is 1. The Morgan fingerprint density at radius 3 is 2.39 bits per heavy atom. The second kappa shape index (κ2) is 5.96. The zero-order valence-corrected chi connectivity index (χ0v) is 11.4. The van der Waals surface area contributed by atoms with Crippen LogP contribution in [0.5, 0.6) is 0 Å². The zero-order valence-electron chi connectivity index (χ0n) is 10.5. The molecular weight excluding hydrogens is 244 g/mol. The number of hydrogen-bond donors (Lipinski definition) is 1. The lowest BCUT2D eigenvalue weighted by Gasteiger charge is -2.14. The van der Waals surface area contributed by atoms with Gasteiger partial charge in [0.15, 0.2) is 0 Å². The molecule has 0 spiro atoms. The molecule has 0 saturated carbocycles. The summed E-state index contributed by atoms with van der Waals surface area (Å²) in [5.74, 6) is 0.994. The first-order chi connectivity index (χ1) is 8.76. The summed E-state index contributed by atoms with van der Waals surface area (Å²) in [5.41, 5.74) is 1.28. The van der Waals surface area contributed by atoms with Crippen LogP contribution < -0.4 is 5.69 Å². The highest BCUT2D eigenvalue weighted by Crippen LogP contribution is 2.18. The van der Waals surface area contributed by atoms with E-state index in [0.29, 0.717) is 13.1 Å². The molecule has 0 bridgehead atoms. The molecule has 2 aromatic rings. The number of imidazole rings is 1. The summed E-state index contributed by atoms with van der Waals surface area (Å²) in [6, 6.07) is 10.2. The van der Waals surface area contributed by atoms with Crippen molar-refractivity contribution in [2.45, 2.75) is 25.9 Å². The van der Waals surface area contributed by atoms with Crippen LogP contribution >= 0.6 is 12.6 Å². The topological polar surface area (TPSA) is 26.9 Å². The highest BCUT2D eigenvalue weighted by atomic mass is 32.1. The maximum Gasteiger partial charge on any atom is 0.328 e. The average molecular weight is 262 g/mol. The number of aryl methyl sites for hydroxylation is 1. The highest BCUT2D eigenvalue weighted by molar-refractivity contribution is 7.80. The Balaban J connectivity index is 2.21. The summed E-state index contributed by atoms with van der Waals surface area (Å²) in [5, 5.41) is 0. The third-order valence-electron chi connectivity index (χ3n) is 3.17. The molecule has 1 aromatic carbocycles. The molecule has 2 rings (SSSR count).